The Morgan fingerprint density at radius 1 is 1.20 bits per heavy atom. The van der Waals surface area contributed by atoms with Gasteiger partial charge in [-0.15, -0.1) is 0 Å². The Balaban J connectivity index is 1.69. The van der Waals surface area contributed by atoms with Crippen molar-refractivity contribution in [2.75, 3.05) is 32.8 Å². The second kappa shape index (κ2) is 7.96. The fraction of sp³-hybridized carbons (Fsp3) is 0.333. The number of hydrogen-bond donors (Lipinski definition) is 2. The summed E-state index contributed by atoms with van der Waals surface area (Å²) >= 11 is 0. The average molecular weight is 344 g/mol. The zero-order chi connectivity index (χ0) is 17.6. The molecule has 1 atom stereocenters. The molecule has 1 amide bonds. The molecular formula is C18H20N2O5. The minimum Gasteiger partial charge on any atom is -0.478 e. The summed E-state index contributed by atoms with van der Waals surface area (Å²) in [5.74, 6) is -1.56. The van der Waals surface area contributed by atoms with Gasteiger partial charge in [0.25, 0.3) is 5.91 Å². The number of hydrogen-bond acceptors (Lipinski definition) is 5. The van der Waals surface area contributed by atoms with E-state index in [4.69, 9.17) is 14.3 Å². The summed E-state index contributed by atoms with van der Waals surface area (Å²) in [7, 11) is 0. The summed E-state index contributed by atoms with van der Waals surface area (Å²) < 4.78 is 10.5. The first-order valence-electron chi connectivity index (χ1n) is 8.12. The highest BCUT2D eigenvalue weighted by Gasteiger charge is 2.24. The normalized spacial score (nSPS) is 16.3. The first kappa shape index (κ1) is 17.2. The third kappa shape index (κ3) is 4.26. The summed E-state index contributed by atoms with van der Waals surface area (Å²) in [5.41, 5.74) is 1.06. The van der Waals surface area contributed by atoms with E-state index in [9.17, 15) is 9.59 Å². The number of furan rings is 1. The Hall–Kier alpha value is -2.64. The lowest BCUT2D eigenvalue weighted by Crippen LogP contribution is -2.43. The smallest absolute Gasteiger partial charge is 0.338 e. The monoisotopic (exact) mass is 344 g/mol. The Morgan fingerprint density at radius 3 is 2.56 bits per heavy atom. The SMILES string of the molecule is O=C(O)c1coc(C(=O)NCC(c2ccccc2)N2CCOCC2)c1. The average Bonchev–Trinajstić information content (AvgIpc) is 3.14. The number of amides is 1. The molecule has 25 heavy (non-hydrogen) atoms. The highest BCUT2D eigenvalue weighted by Crippen LogP contribution is 2.21. The van der Waals surface area contributed by atoms with E-state index in [1.807, 2.05) is 30.3 Å². The van der Waals surface area contributed by atoms with Crippen molar-refractivity contribution < 1.29 is 23.8 Å². The standard InChI is InChI=1S/C18H20N2O5/c21-17(16-10-14(12-25-16)18(22)23)19-11-15(13-4-2-1-3-5-13)20-6-8-24-9-7-20/h1-5,10,12,15H,6-9,11H2,(H,19,21)(H,22,23). The molecular weight excluding hydrogens is 324 g/mol. The van der Waals surface area contributed by atoms with Crippen LogP contribution < -0.4 is 5.32 Å². The van der Waals surface area contributed by atoms with E-state index < -0.39 is 11.9 Å². The number of nitrogens with zero attached hydrogens (tertiary/aromatic N) is 1. The van der Waals surface area contributed by atoms with Crippen LogP contribution in [0.2, 0.25) is 0 Å². The van der Waals surface area contributed by atoms with E-state index in [1.54, 1.807) is 0 Å². The quantitative estimate of drug-likeness (QED) is 0.830. The summed E-state index contributed by atoms with van der Waals surface area (Å²) in [4.78, 5) is 25.4. The second-order valence-electron chi connectivity index (χ2n) is 5.79. The van der Waals surface area contributed by atoms with Crippen molar-refractivity contribution >= 4 is 11.9 Å². The van der Waals surface area contributed by atoms with Crippen LogP contribution in [-0.2, 0) is 4.74 Å². The molecule has 7 heteroatoms. The fourth-order valence-corrected chi connectivity index (χ4v) is 2.87. The molecule has 7 nitrogen and oxygen atoms in total. The highest BCUT2D eigenvalue weighted by molar-refractivity contribution is 5.95. The maximum absolute atomic E-state index is 12.3. The maximum atomic E-state index is 12.3. The van der Waals surface area contributed by atoms with Gasteiger partial charge < -0.3 is 19.6 Å². The Labute approximate surface area is 145 Å². The fourth-order valence-electron chi connectivity index (χ4n) is 2.87. The molecule has 0 spiro atoms. The zero-order valence-electron chi connectivity index (χ0n) is 13.7. The first-order chi connectivity index (χ1) is 12.1. The van der Waals surface area contributed by atoms with Gasteiger partial charge in [0.1, 0.15) is 6.26 Å². The molecule has 132 valence electrons. The van der Waals surface area contributed by atoms with Crippen LogP contribution in [-0.4, -0.2) is 54.7 Å². The molecule has 0 radical (unpaired) electrons. The van der Waals surface area contributed by atoms with Gasteiger partial charge in [-0.25, -0.2) is 4.79 Å². The van der Waals surface area contributed by atoms with E-state index in [0.29, 0.717) is 19.8 Å². The Kier molecular flexibility index (Phi) is 5.47. The van der Waals surface area contributed by atoms with E-state index >= 15 is 0 Å². The van der Waals surface area contributed by atoms with Crippen molar-refractivity contribution in [1.29, 1.82) is 0 Å². The number of carbonyl (C=O) groups excluding carboxylic acids is 1. The number of benzene rings is 1. The number of carbonyl (C=O) groups is 2. The highest BCUT2D eigenvalue weighted by atomic mass is 16.5. The number of aromatic carboxylic acids is 1. The lowest BCUT2D eigenvalue weighted by Gasteiger charge is -2.34. The van der Waals surface area contributed by atoms with Gasteiger partial charge in [-0.3, -0.25) is 9.69 Å². The Morgan fingerprint density at radius 2 is 1.92 bits per heavy atom. The van der Waals surface area contributed by atoms with Gasteiger partial charge in [0.15, 0.2) is 5.76 Å². The van der Waals surface area contributed by atoms with Crippen LogP contribution in [0.3, 0.4) is 0 Å². The third-order valence-corrected chi connectivity index (χ3v) is 4.20. The molecule has 2 aromatic rings. The van der Waals surface area contributed by atoms with E-state index in [2.05, 4.69) is 10.2 Å². The summed E-state index contributed by atoms with van der Waals surface area (Å²) in [6.45, 7) is 3.31. The molecule has 0 bridgehead atoms. The summed E-state index contributed by atoms with van der Waals surface area (Å²) in [6.07, 6.45) is 1.06. The molecule has 2 N–H and O–H groups in total. The molecule has 1 aliphatic rings. The lowest BCUT2D eigenvalue weighted by atomic mass is 10.0. The van der Waals surface area contributed by atoms with Crippen molar-refractivity contribution in [2.45, 2.75) is 6.04 Å². The van der Waals surface area contributed by atoms with Crippen molar-refractivity contribution in [1.82, 2.24) is 10.2 Å². The van der Waals surface area contributed by atoms with Crippen molar-refractivity contribution in [3.05, 3.63) is 59.5 Å². The number of rotatable bonds is 6. The van der Waals surface area contributed by atoms with Gasteiger partial charge in [0, 0.05) is 25.7 Å². The van der Waals surface area contributed by atoms with E-state index in [1.165, 1.54) is 6.07 Å². The van der Waals surface area contributed by atoms with Gasteiger partial charge in [0.2, 0.25) is 0 Å². The van der Waals surface area contributed by atoms with Crippen LogP contribution in [0.1, 0.15) is 32.5 Å². The lowest BCUT2D eigenvalue weighted by molar-refractivity contribution is 0.0161. The van der Waals surface area contributed by atoms with Crippen molar-refractivity contribution in [3.8, 4) is 0 Å². The molecule has 1 unspecified atom stereocenters. The van der Waals surface area contributed by atoms with E-state index in [0.717, 1.165) is 24.9 Å². The van der Waals surface area contributed by atoms with Gasteiger partial charge in [0.05, 0.1) is 24.8 Å². The van der Waals surface area contributed by atoms with Crippen LogP contribution in [0.5, 0.6) is 0 Å². The van der Waals surface area contributed by atoms with Crippen molar-refractivity contribution in [3.63, 3.8) is 0 Å². The molecule has 0 saturated carbocycles. The molecule has 1 fully saturated rings. The third-order valence-electron chi connectivity index (χ3n) is 4.20. The largest absolute Gasteiger partial charge is 0.478 e. The number of morpholine rings is 1. The van der Waals surface area contributed by atoms with Gasteiger partial charge in [-0.2, -0.15) is 0 Å². The first-order valence-corrected chi connectivity index (χ1v) is 8.12. The summed E-state index contributed by atoms with van der Waals surface area (Å²) in [6, 6.07) is 11.2. The topological polar surface area (TPSA) is 92.0 Å². The van der Waals surface area contributed by atoms with Crippen LogP contribution in [0.15, 0.2) is 47.1 Å². The minimum absolute atomic E-state index is 0.00816. The predicted octanol–water partition coefficient (Wildman–Crippen LogP) is 1.78. The van der Waals surface area contributed by atoms with Gasteiger partial charge in [-0.1, -0.05) is 30.3 Å². The van der Waals surface area contributed by atoms with Gasteiger partial charge in [-0.05, 0) is 5.56 Å². The van der Waals surface area contributed by atoms with E-state index in [-0.39, 0.29) is 17.4 Å². The molecule has 1 aromatic heterocycles. The van der Waals surface area contributed by atoms with Crippen LogP contribution in [0.4, 0.5) is 0 Å². The molecule has 1 aromatic carbocycles. The van der Waals surface area contributed by atoms with Crippen LogP contribution in [0, 0.1) is 0 Å². The van der Waals surface area contributed by atoms with Gasteiger partial charge >= 0.3 is 5.97 Å². The molecule has 0 aliphatic carbocycles. The summed E-state index contributed by atoms with van der Waals surface area (Å²) in [5, 5.41) is 11.7. The number of nitrogens with one attached hydrogen (secondary N) is 1. The van der Waals surface area contributed by atoms with Crippen molar-refractivity contribution in [2.24, 2.45) is 0 Å². The minimum atomic E-state index is -1.13. The zero-order valence-corrected chi connectivity index (χ0v) is 13.7. The molecule has 3 rings (SSSR count). The molecule has 1 aliphatic heterocycles. The Bertz CT molecular complexity index is 722. The number of carboxylic acid groups (broad SMARTS) is 1. The predicted molar refractivity (Wildman–Crippen MR) is 89.6 cm³/mol. The molecule has 2 heterocycles. The van der Waals surface area contributed by atoms with Crippen LogP contribution >= 0.6 is 0 Å². The number of ether oxygens (including phenoxy) is 1. The van der Waals surface area contributed by atoms with Crippen LogP contribution in [0.25, 0.3) is 0 Å². The maximum Gasteiger partial charge on any atom is 0.338 e. The second-order valence-corrected chi connectivity index (χ2v) is 5.79. The molecule has 1 saturated heterocycles. The number of carboxylic acids is 1.